The molecule has 0 amide bonds. The molecule has 1 heterocycles. The highest BCUT2D eigenvalue weighted by molar-refractivity contribution is 14.1. The van der Waals surface area contributed by atoms with Crippen LogP contribution in [0.3, 0.4) is 0 Å². The zero-order chi connectivity index (χ0) is 6.85. The number of hydrogen-bond acceptors (Lipinski definition) is 0. The molecule has 2 heteroatoms. The van der Waals surface area contributed by atoms with Gasteiger partial charge in [-0.05, 0) is 18.1 Å². The zero-order valence-electron chi connectivity index (χ0n) is 5.63. The third-order valence-corrected chi connectivity index (χ3v) is 2.20. The van der Waals surface area contributed by atoms with Gasteiger partial charge in [-0.15, -0.1) is 0 Å². The maximum Gasteiger partial charge on any atom is 0.0637 e. The molecule has 0 aliphatic rings. The van der Waals surface area contributed by atoms with Crippen LogP contribution in [0.5, 0.6) is 0 Å². The first-order chi connectivity index (χ1) is 4.22. The van der Waals surface area contributed by atoms with E-state index in [1.165, 1.54) is 5.69 Å². The molecule has 1 aromatic rings. The normalized spacial score (nSPS) is 10.7. The predicted octanol–water partition coefficient (Wildman–Crippen LogP) is 2.81. The summed E-state index contributed by atoms with van der Waals surface area (Å²) >= 11 is 2.29. The van der Waals surface area contributed by atoms with E-state index in [0.29, 0.717) is 5.92 Å². The van der Waals surface area contributed by atoms with Gasteiger partial charge in [0.2, 0.25) is 0 Å². The Bertz CT molecular complexity index is 191. The molecule has 1 rings (SSSR count). The molecule has 0 unspecified atom stereocenters. The summed E-state index contributed by atoms with van der Waals surface area (Å²) in [5.41, 5.74) is 1.38. The first-order valence-corrected chi connectivity index (χ1v) is 4.01. The number of nitrogens with zero attached hydrogens (tertiary/aromatic N) is 1. The lowest BCUT2D eigenvalue weighted by Gasteiger charge is -2.02. The van der Waals surface area contributed by atoms with Crippen LogP contribution < -0.4 is 0 Å². The van der Waals surface area contributed by atoms with Gasteiger partial charge in [0.05, 0.1) is 22.9 Å². The third kappa shape index (κ3) is 1.47. The Morgan fingerprint density at radius 2 is 2.22 bits per heavy atom. The van der Waals surface area contributed by atoms with Crippen molar-refractivity contribution in [3.63, 3.8) is 0 Å². The van der Waals surface area contributed by atoms with Gasteiger partial charge in [-0.1, -0.05) is 13.8 Å². The number of aromatic nitrogens is 1. The third-order valence-electron chi connectivity index (χ3n) is 1.32. The highest BCUT2D eigenvalue weighted by Crippen LogP contribution is 2.16. The van der Waals surface area contributed by atoms with Gasteiger partial charge in [-0.25, -0.2) is 0 Å². The fraction of sp³-hybridized carbons (Fsp3) is 0.429. The van der Waals surface area contributed by atoms with Crippen molar-refractivity contribution >= 4 is 22.9 Å². The molecule has 0 atom stereocenters. The number of halogens is 1. The number of rotatable bonds is 1. The summed E-state index contributed by atoms with van der Waals surface area (Å²) in [6, 6.07) is 4.22. The summed E-state index contributed by atoms with van der Waals surface area (Å²) in [5, 5.41) is 0. The monoisotopic (exact) mass is 235 g/mol. The summed E-state index contributed by atoms with van der Waals surface area (Å²) in [6.07, 6.45) is 2.07. The van der Waals surface area contributed by atoms with Crippen molar-refractivity contribution in [3.05, 3.63) is 24.0 Å². The quantitative estimate of drug-likeness (QED) is 0.659. The zero-order valence-corrected chi connectivity index (χ0v) is 7.79. The maximum atomic E-state index is 2.29. The second kappa shape index (κ2) is 2.73. The Balaban J connectivity index is 2.94. The standard InChI is InChI=1S/C7H10IN/c1-6(2)7-4-3-5-9(7)8/h3-6H,1-2H3. The van der Waals surface area contributed by atoms with E-state index in [-0.39, 0.29) is 0 Å². The van der Waals surface area contributed by atoms with Crippen LogP contribution in [0, 0.1) is 0 Å². The van der Waals surface area contributed by atoms with Crippen LogP contribution in [0.15, 0.2) is 18.3 Å². The Labute approximate surface area is 69.6 Å². The summed E-state index contributed by atoms with van der Waals surface area (Å²) in [7, 11) is 0. The van der Waals surface area contributed by atoms with Gasteiger partial charge in [0, 0.05) is 11.9 Å². The van der Waals surface area contributed by atoms with Gasteiger partial charge in [0.1, 0.15) is 0 Å². The molecule has 0 aliphatic heterocycles. The maximum absolute atomic E-state index is 2.29. The van der Waals surface area contributed by atoms with Crippen LogP contribution in [0.25, 0.3) is 0 Å². The second-order valence-corrected chi connectivity index (χ2v) is 3.44. The average Bonchev–Trinajstić information content (AvgIpc) is 2.13. The van der Waals surface area contributed by atoms with Crippen molar-refractivity contribution in [2.24, 2.45) is 0 Å². The lowest BCUT2D eigenvalue weighted by Crippen LogP contribution is -1.90. The van der Waals surface area contributed by atoms with E-state index in [0.717, 1.165) is 0 Å². The van der Waals surface area contributed by atoms with Crippen LogP contribution in [0.2, 0.25) is 0 Å². The molecule has 50 valence electrons. The Morgan fingerprint density at radius 3 is 2.44 bits per heavy atom. The lowest BCUT2D eigenvalue weighted by atomic mass is 10.1. The largest absolute Gasteiger partial charge is 0.294 e. The van der Waals surface area contributed by atoms with E-state index in [4.69, 9.17) is 0 Å². The van der Waals surface area contributed by atoms with E-state index >= 15 is 0 Å². The first kappa shape index (κ1) is 7.12. The molecule has 0 aliphatic carbocycles. The molecular formula is C7H10IN. The Morgan fingerprint density at radius 1 is 1.56 bits per heavy atom. The SMILES string of the molecule is CC(C)c1cccn1I. The fourth-order valence-electron chi connectivity index (χ4n) is 0.814. The highest BCUT2D eigenvalue weighted by atomic mass is 127. The molecule has 0 saturated heterocycles. The Hall–Kier alpha value is 0.0100. The molecule has 0 fully saturated rings. The first-order valence-electron chi connectivity index (χ1n) is 3.05. The minimum absolute atomic E-state index is 0.636. The summed E-state index contributed by atoms with van der Waals surface area (Å²) < 4.78 is 2.13. The minimum atomic E-state index is 0.636. The van der Waals surface area contributed by atoms with Crippen molar-refractivity contribution in [3.8, 4) is 0 Å². The van der Waals surface area contributed by atoms with Crippen molar-refractivity contribution in [1.29, 1.82) is 0 Å². The molecule has 0 spiro atoms. The van der Waals surface area contributed by atoms with Gasteiger partial charge in [0.15, 0.2) is 0 Å². The average molecular weight is 235 g/mol. The lowest BCUT2D eigenvalue weighted by molar-refractivity contribution is 0.827. The molecule has 1 nitrogen and oxygen atoms in total. The van der Waals surface area contributed by atoms with Crippen LogP contribution >= 0.6 is 22.9 Å². The minimum Gasteiger partial charge on any atom is -0.294 e. The van der Waals surface area contributed by atoms with E-state index < -0.39 is 0 Å². The molecule has 1 aromatic heterocycles. The second-order valence-electron chi connectivity index (χ2n) is 2.40. The molecule has 0 aromatic carbocycles. The topological polar surface area (TPSA) is 4.93 Å². The van der Waals surface area contributed by atoms with E-state index in [9.17, 15) is 0 Å². The molecule has 0 N–H and O–H groups in total. The fourth-order valence-corrected chi connectivity index (χ4v) is 1.72. The Kier molecular flexibility index (Phi) is 2.16. The van der Waals surface area contributed by atoms with Crippen LogP contribution in [-0.2, 0) is 0 Å². The summed E-state index contributed by atoms with van der Waals surface area (Å²) in [4.78, 5) is 0. The van der Waals surface area contributed by atoms with Crippen molar-refractivity contribution in [1.82, 2.24) is 2.78 Å². The smallest absolute Gasteiger partial charge is 0.0637 e. The van der Waals surface area contributed by atoms with Gasteiger partial charge < -0.3 is 0 Å². The van der Waals surface area contributed by atoms with E-state index in [1.807, 2.05) is 0 Å². The summed E-state index contributed by atoms with van der Waals surface area (Å²) in [6.45, 7) is 4.40. The molecule has 0 saturated carbocycles. The molecule has 0 bridgehead atoms. The van der Waals surface area contributed by atoms with Gasteiger partial charge >= 0.3 is 0 Å². The highest BCUT2D eigenvalue weighted by Gasteiger charge is 2.00. The molecule has 9 heavy (non-hydrogen) atoms. The number of hydrogen-bond donors (Lipinski definition) is 0. The van der Waals surface area contributed by atoms with Gasteiger partial charge in [-0.2, -0.15) is 0 Å². The van der Waals surface area contributed by atoms with Gasteiger partial charge in [-0.3, -0.25) is 2.78 Å². The van der Waals surface area contributed by atoms with Crippen molar-refractivity contribution < 1.29 is 0 Å². The summed E-state index contributed by atoms with van der Waals surface area (Å²) in [5.74, 6) is 0.636. The molecule has 0 radical (unpaired) electrons. The van der Waals surface area contributed by atoms with Crippen molar-refractivity contribution in [2.75, 3.05) is 0 Å². The van der Waals surface area contributed by atoms with Gasteiger partial charge in [0.25, 0.3) is 0 Å². The van der Waals surface area contributed by atoms with Crippen LogP contribution in [0.4, 0.5) is 0 Å². The van der Waals surface area contributed by atoms with Crippen LogP contribution in [-0.4, -0.2) is 2.78 Å². The predicted molar refractivity (Wildman–Crippen MR) is 47.9 cm³/mol. The van der Waals surface area contributed by atoms with Crippen LogP contribution in [0.1, 0.15) is 25.5 Å². The van der Waals surface area contributed by atoms with E-state index in [2.05, 4.69) is 57.8 Å². The molecular weight excluding hydrogens is 225 g/mol. The van der Waals surface area contributed by atoms with Crippen molar-refractivity contribution in [2.45, 2.75) is 19.8 Å². The van der Waals surface area contributed by atoms with E-state index in [1.54, 1.807) is 0 Å².